The molecule has 17 heavy (non-hydrogen) atoms. The third-order valence-electron chi connectivity index (χ3n) is 5.29. The number of rotatable bonds is 3. The van der Waals surface area contributed by atoms with Crippen LogP contribution in [0.3, 0.4) is 0 Å². The fourth-order valence-corrected chi connectivity index (χ4v) is 6.05. The number of hydrogen-bond donors (Lipinski definition) is 1. The summed E-state index contributed by atoms with van der Waals surface area (Å²) in [7, 11) is -2.93. The zero-order valence-corrected chi connectivity index (χ0v) is 11.3. The molecule has 98 valence electrons. The lowest BCUT2D eigenvalue weighted by molar-refractivity contribution is -0.0438. The molecule has 0 radical (unpaired) electrons. The van der Waals surface area contributed by atoms with Crippen LogP contribution in [0.2, 0.25) is 0 Å². The second-order valence-electron chi connectivity index (χ2n) is 6.76. The van der Waals surface area contributed by atoms with E-state index < -0.39 is 9.84 Å². The topological polar surface area (TPSA) is 60.2 Å². The van der Waals surface area contributed by atoms with Gasteiger partial charge in [0.15, 0.2) is 0 Å². The normalized spacial score (nSPS) is 46.1. The van der Waals surface area contributed by atoms with E-state index >= 15 is 0 Å². The lowest BCUT2D eigenvalue weighted by Gasteiger charge is -2.56. The van der Waals surface area contributed by atoms with Crippen LogP contribution in [0.4, 0.5) is 0 Å². The summed E-state index contributed by atoms with van der Waals surface area (Å²) in [5, 5.41) is 0. The predicted octanol–water partition coefficient (Wildman–Crippen LogP) is 1.43. The van der Waals surface area contributed by atoms with E-state index in [0.717, 1.165) is 23.7 Å². The summed E-state index contributed by atoms with van der Waals surface area (Å²) in [4.78, 5) is 0. The standard InChI is InChI=1S/C13H23NO2S/c1-17(15,16)7-12(14)13-10-3-8-2-9(5-10)6-11(13)4-8/h8-13H,2-7,14H2,1H3. The Morgan fingerprint density at radius 2 is 1.53 bits per heavy atom. The first-order valence-electron chi connectivity index (χ1n) is 6.85. The molecule has 0 aromatic rings. The average Bonchev–Trinajstić information content (AvgIpc) is 2.11. The maximum atomic E-state index is 11.4. The highest BCUT2D eigenvalue weighted by atomic mass is 32.2. The number of hydrogen-bond acceptors (Lipinski definition) is 3. The minimum Gasteiger partial charge on any atom is -0.327 e. The van der Waals surface area contributed by atoms with Crippen LogP contribution in [0, 0.1) is 29.6 Å². The molecule has 0 spiro atoms. The quantitative estimate of drug-likeness (QED) is 0.832. The highest BCUT2D eigenvalue weighted by Gasteiger charge is 2.50. The summed E-state index contributed by atoms with van der Waals surface area (Å²) in [5.41, 5.74) is 6.21. The summed E-state index contributed by atoms with van der Waals surface area (Å²) in [5.74, 6) is 3.97. The molecule has 0 aromatic carbocycles. The molecule has 0 aliphatic heterocycles. The molecule has 3 nitrogen and oxygen atoms in total. The van der Waals surface area contributed by atoms with Crippen molar-refractivity contribution in [2.24, 2.45) is 35.3 Å². The van der Waals surface area contributed by atoms with E-state index in [1.54, 1.807) is 0 Å². The van der Waals surface area contributed by atoms with Crippen LogP contribution in [0.1, 0.15) is 32.1 Å². The van der Waals surface area contributed by atoms with Crippen molar-refractivity contribution < 1.29 is 8.42 Å². The van der Waals surface area contributed by atoms with Crippen LogP contribution in [-0.2, 0) is 9.84 Å². The Kier molecular flexibility index (Phi) is 2.78. The largest absolute Gasteiger partial charge is 0.327 e. The molecule has 4 aliphatic rings. The monoisotopic (exact) mass is 257 g/mol. The lowest BCUT2D eigenvalue weighted by Crippen LogP contribution is -2.53. The third-order valence-corrected chi connectivity index (χ3v) is 6.28. The van der Waals surface area contributed by atoms with Gasteiger partial charge in [0.1, 0.15) is 9.84 Å². The molecule has 0 amide bonds. The van der Waals surface area contributed by atoms with Crippen LogP contribution in [0.25, 0.3) is 0 Å². The Bertz CT molecular complexity index is 376. The molecular formula is C13H23NO2S. The van der Waals surface area contributed by atoms with Crippen LogP contribution in [0.15, 0.2) is 0 Å². The summed E-state index contributed by atoms with van der Waals surface area (Å²) in [6.45, 7) is 0. The zero-order valence-electron chi connectivity index (χ0n) is 10.5. The maximum absolute atomic E-state index is 11.4. The van der Waals surface area contributed by atoms with E-state index in [-0.39, 0.29) is 11.8 Å². The van der Waals surface area contributed by atoms with Gasteiger partial charge in [0, 0.05) is 12.3 Å². The van der Waals surface area contributed by atoms with Crippen molar-refractivity contribution in [1.82, 2.24) is 0 Å². The van der Waals surface area contributed by atoms with Crippen molar-refractivity contribution in [3.05, 3.63) is 0 Å². The Morgan fingerprint density at radius 1 is 1.06 bits per heavy atom. The molecule has 0 saturated heterocycles. The van der Waals surface area contributed by atoms with Gasteiger partial charge in [0.2, 0.25) is 0 Å². The van der Waals surface area contributed by atoms with Gasteiger partial charge in [-0.3, -0.25) is 0 Å². The van der Waals surface area contributed by atoms with Gasteiger partial charge in [-0.1, -0.05) is 0 Å². The molecule has 4 aliphatic carbocycles. The van der Waals surface area contributed by atoms with Crippen molar-refractivity contribution >= 4 is 9.84 Å². The molecule has 2 N–H and O–H groups in total. The van der Waals surface area contributed by atoms with E-state index in [2.05, 4.69) is 0 Å². The van der Waals surface area contributed by atoms with Crippen LogP contribution >= 0.6 is 0 Å². The van der Waals surface area contributed by atoms with Crippen molar-refractivity contribution in [3.8, 4) is 0 Å². The van der Waals surface area contributed by atoms with Gasteiger partial charge >= 0.3 is 0 Å². The molecule has 1 atom stereocenters. The fourth-order valence-electron chi connectivity index (χ4n) is 5.13. The van der Waals surface area contributed by atoms with Crippen molar-refractivity contribution in [3.63, 3.8) is 0 Å². The van der Waals surface area contributed by atoms with Gasteiger partial charge in [-0.25, -0.2) is 8.42 Å². The maximum Gasteiger partial charge on any atom is 0.148 e. The summed E-state index contributed by atoms with van der Waals surface area (Å²) in [6, 6.07) is -0.125. The summed E-state index contributed by atoms with van der Waals surface area (Å²) >= 11 is 0. The first-order chi connectivity index (χ1) is 7.92. The van der Waals surface area contributed by atoms with Crippen molar-refractivity contribution in [1.29, 1.82) is 0 Å². The van der Waals surface area contributed by atoms with Crippen LogP contribution < -0.4 is 5.73 Å². The molecule has 4 bridgehead atoms. The van der Waals surface area contributed by atoms with Gasteiger partial charge in [-0.15, -0.1) is 0 Å². The molecular weight excluding hydrogens is 234 g/mol. The van der Waals surface area contributed by atoms with Crippen LogP contribution in [0.5, 0.6) is 0 Å². The molecule has 1 unspecified atom stereocenters. The van der Waals surface area contributed by atoms with Crippen molar-refractivity contribution in [2.75, 3.05) is 12.0 Å². The van der Waals surface area contributed by atoms with Crippen molar-refractivity contribution in [2.45, 2.75) is 38.1 Å². The lowest BCUT2D eigenvalue weighted by atomic mass is 9.51. The Hall–Kier alpha value is -0.0900. The first kappa shape index (κ1) is 12.0. The summed E-state index contributed by atoms with van der Waals surface area (Å²) in [6.07, 6.45) is 8.00. The number of sulfone groups is 1. The molecule has 4 fully saturated rings. The molecule has 4 saturated carbocycles. The van der Waals surface area contributed by atoms with E-state index in [1.165, 1.54) is 38.4 Å². The van der Waals surface area contributed by atoms with E-state index in [4.69, 9.17) is 5.73 Å². The highest BCUT2D eigenvalue weighted by molar-refractivity contribution is 7.90. The van der Waals surface area contributed by atoms with E-state index in [1.807, 2.05) is 0 Å². The second-order valence-corrected chi connectivity index (χ2v) is 8.95. The molecule has 0 aromatic heterocycles. The van der Waals surface area contributed by atoms with Gasteiger partial charge in [0.05, 0.1) is 5.75 Å². The highest BCUT2D eigenvalue weighted by Crippen LogP contribution is 2.57. The second kappa shape index (κ2) is 3.95. The number of nitrogens with two attached hydrogens (primary N) is 1. The van der Waals surface area contributed by atoms with Gasteiger partial charge in [-0.2, -0.15) is 0 Å². The molecule has 0 heterocycles. The zero-order chi connectivity index (χ0) is 12.2. The smallest absolute Gasteiger partial charge is 0.148 e. The molecule has 4 rings (SSSR count). The third kappa shape index (κ3) is 2.26. The van der Waals surface area contributed by atoms with E-state index in [0.29, 0.717) is 5.92 Å². The SMILES string of the molecule is CS(=O)(=O)CC(N)C1C2CC3CC(C2)CC1C3. The molecule has 4 heteroatoms. The van der Waals surface area contributed by atoms with Gasteiger partial charge in [-0.05, 0) is 61.7 Å². The van der Waals surface area contributed by atoms with E-state index in [9.17, 15) is 8.42 Å². The first-order valence-corrected chi connectivity index (χ1v) is 8.91. The Balaban J connectivity index is 1.75. The average molecular weight is 257 g/mol. The van der Waals surface area contributed by atoms with Crippen LogP contribution in [-0.4, -0.2) is 26.5 Å². The predicted molar refractivity (Wildman–Crippen MR) is 68.2 cm³/mol. The minimum atomic E-state index is -2.93. The fraction of sp³-hybridized carbons (Fsp3) is 1.00. The Morgan fingerprint density at radius 3 is 1.94 bits per heavy atom. The van der Waals surface area contributed by atoms with Gasteiger partial charge < -0.3 is 5.73 Å². The van der Waals surface area contributed by atoms with Gasteiger partial charge in [0.25, 0.3) is 0 Å². The minimum absolute atomic E-state index is 0.125. The Labute approximate surface area is 104 Å². The summed E-state index contributed by atoms with van der Waals surface area (Å²) < 4.78 is 22.8.